The van der Waals surface area contributed by atoms with Crippen LogP contribution in [0.5, 0.6) is 0 Å². The van der Waals surface area contributed by atoms with Gasteiger partial charge in [0.05, 0.1) is 6.04 Å². The van der Waals surface area contributed by atoms with Crippen molar-refractivity contribution in [2.45, 2.75) is 45.6 Å². The summed E-state index contributed by atoms with van der Waals surface area (Å²) in [5.74, 6) is -0.350. The molecule has 0 aromatic carbocycles. The van der Waals surface area contributed by atoms with Crippen LogP contribution in [0.2, 0.25) is 0 Å². The Bertz CT molecular complexity index is 601. The molecule has 2 amide bonds. The molecule has 0 aromatic heterocycles. The molecular weight excluding hydrogens is 280 g/mol. The van der Waals surface area contributed by atoms with Crippen LogP contribution in [0.4, 0.5) is 4.79 Å². The molecule has 1 aliphatic heterocycles. The smallest absolute Gasteiger partial charge is 0.414 e. The van der Waals surface area contributed by atoms with Crippen molar-refractivity contribution in [3.63, 3.8) is 0 Å². The molecule has 3 rings (SSSR count). The number of imide groups is 1. The predicted molar refractivity (Wildman–Crippen MR) is 83.2 cm³/mol. The van der Waals surface area contributed by atoms with E-state index in [1.165, 1.54) is 11.1 Å². The number of hydrogen-bond donors (Lipinski definition) is 1. The number of allylic oxidation sites excluding steroid dienone is 1. The molecular formula is C17H24N2O3. The number of nitrogens with zero attached hydrogens (tertiary/aromatic N) is 2. The summed E-state index contributed by atoms with van der Waals surface area (Å²) in [6.45, 7) is 4.37. The van der Waals surface area contributed by atoms with E-state index in [0.29, 0.717) is 5.57 Å². The van der Waals surface area contributed by atoms with Crippen molar-refractivity contribution in [1.82, 2.24) is 9.80 Å². The second kappa shape index (κ2) is 4.86. The van der Waals surface area contributed by atoms with Gasteiger partial charge >= 0.3 is 6.09 Å². The Kier molecular flexibility index (Phi) is 3.34. The van der Waals surface area contributed by atoms with Crippen molar-refractivity contribution >= 4 is 12.0 Å². The molecule has 5 heteroatoms. The second-order valence-corrected chi connectivity index (χ2v) is 7.52. The third kappa shape index (κ3) is 2.06. The van der Waals surface area contributed by atoms with Gasteiger partial charge in [0.2, 0.25) is 0 Å². The normalized spacial score (nSPS) is 31.5. The third-order valence-corrected chi connectivity index (χ3v) is 5.28. The number of amides is 2. The van der Waals surface area contributed by atoms with Crippen molar-refractivity contribution in [3.05, 3.63) is 22.9 Å². The van der Waals surface area contributed by atoms with Gasteiger partial charge in [-0.15, -0.1) is 0 Å². The maximum Gasteiger partial charge on any atom is 0.414 e. The van der Waals surface area contributed by atoms with E-state index in [1.807, 2.05) is 19.0 Å². The van der Waals surface area contributed by atoms with Crippen LogP contribution in [0.1, 0.15) is 39.5 Å². The van der Waals surface area contributed by atoms with Crippen LogP contribution < -0.4 is 0 Å². The lowest BCUT2D eigenvalue weighted by molar-refractivity contribution is -0.124. The van der Waals surface area contributed by atoms with Crippen LogP contribution >= 0.6 is 0 Å². The molecule has 0 spiro atoms. The molecule has 22 heavy (non-hydrogen) atoms. The lowest BCUT2D eigenvalue weighted by Gasteiger charge is -2.37. The third-order valence-electron chi connectivity index (χ3n) is 5.28. The molecule has 1 fully saturated rings. The van der Waals surface area contributed by atoms with E-state index in [0.717, 1.165) is 30.6 Å². The molecule has 1 heterocycles. The van der Waals surface area contributed by atoms with Gasteiger partial charge in [-0.1, -0.05) is 19.4 Å². The summed E-state index contributed by atoms with van der Waals surface area (Å²) in [4.78, 5) is 27.2. The fourth-order valence-corrected chi connectivity index (χ4v) is 4.54. The molecule has 0 radical (unpaired) electrons. The quantitative estimate of drug-likeness (QED) is 0.598. The highest BCUT2D eigenvalue weighted by Gasteiger charge is 2.56. The number of carbonyl (C=O) groups excluding carboxylic acids is 1. The summed E-state index contributed by atoms with van der Waals surface area (Å²) >= 11 is 0. The summed E-state index contributed by atoms with van der Waals surface area (Å²) < 4.78 is 0. The molecule has 120 valence electrons. The predicted octanol–water partition coefficient (Wildman–Crippen LogP) is 2.85. The lowest BCUT2D eigenvalue weighted by Crippen LogP contribution is -2.42. The number of fused-ring (bicyclic) bond motifs is 2. The van der Waals surface area contributed by atoms with Gasteiger partial charge in [-0.25, -0.2) is 9.69 Å². The Morgan fingerprint density at radius 1 is 1.41 bits per heavy atom. The maximum atomic E-state index is 12.6. The fourth-order valence-electron chi connectivity index (χ4n) is 4.54. The van der Waals surface area contributed by atoms with Gasteiger partial charge in [-0.2, -0.15) is 0 Å². The van der Waals surface area contributed by atoms with E-state index < -0.39 is 6.09 Å². The Hall–Kier alpha value is -1.78. The van der Waals surface area contributed by atoms with E-state index >= 15 is 0 Å². The molecule has 3 aliphatic rings. The van der Waals surface area contributed by atoms with E-state index in [9.17, 15) is 14.7 Å². The minimum Gasteiger partial charge on any atom is -0.465 e. The first kappa shape index (κ1) is 15.1. The van der Waals surface area contributed by atoms with Crippen molar-refractivity contribution in [1.29, 1.82) is 0 Å². The second-order valence-electron chi connectivity index (χ2n) is 7.52. The zero-order valence-electron chi connectivity index (χ0n) is 13.7. The Labute approximate surface area is 131 Å². The van der Waals surface area contributed by atoms with Gasteiger partial charge in [-0.05, 0) is 36.7 Å². The number of likely N-dealkylation sites (tertiary alicyclic amines) is 1. The van der Waals surface area contributed by atoms with Crippen LogP contribution in [-0.2, 0) is 4.79 Å². The molecule has 0 aromatic rings. The molecule has 2 atom stereocenters. The van der Waals surface area contributed by atoms with Crippen LogP contribution in [0.3, 0.4) is 0 Å². The Balaban J connectivity index is 2.11. The fraction of sp³-hybridized carbons (Fsp3) is 0.647. The number of carbonyl (C=O) groups is 2. The molecule has 2 aliphatic carbocycles. The molecule has 5 nitrogen and oxygen atoms in total. The highest BCUT2D eigenvalue weighted by atomic mass is 16.4. The average molecular weight is 304 g/mol. The van der Waals surface area contributed by atoms with E-state index in [4.69, 9.17) is 0 Å². The Morgan fingerprint density at radius 2 is 2.09 bits per heavy atom. The van der Waals surface area contributed by atoms with Gasteiger partial charge in [0.1, 0.15) is 0 Å². The number of hydrogen-bond acceptors (Lipinski definition) is 3. The number of carboxylic acid groups (broad SMARTS) is 1. The topological polar surface area (TPSA) is 60.9 Å². The average Bonchev–Trinajstić information content (AvgIpc) is 2.85. The van der Waals surface area contributed by atoms with E-state index in [1.54, 1.807) is 6.20 Å². The lowest BCUT2D eigenvalue weighted by atomic mass is 9.72. The summed E-state index contributed by atoms with van der Waals surface area (Å²) in [5.41, 5.74) is 3.22. The highest BCUT2D eigenvalue weighted by molar-refractivity contribution is 6.06. The molecule has 1 saturated heterocycles. The summed E-state index contributed by atoms with van der Waals surface area (Å²) in [6, 6.07) is -0.290. The minimum absolute atomic E-state index is 0.00613. The summed E-state index contributed by atoms with van der Waals surface area (Å²) in [6.07, 6.45) is 4.76. The number of rotatable bonds is 1. The highest BCUT2D eigenvalue weighted by Crippen LogP contribution is 2.55. The van der Waals surface area contributed by atoms with Crippen molar-refractivity contribution in [2.24, 2.45) is 11.3 Å². The molecule has 2 unspecified atom stereocenters. The van der Waals surface area contributed by atoms with E-state index in [2.05, 4.69) is 13.8 Å². The largest absolute Gasteiger partial charge is 0.465 e. The molecule has 0 bridgehead atoms. The van der Waals surface area contributed by atoms with Crippen molar-refractivity contribution in [3.8, 4) is 0 Å². The Morgan fingerprint density at radius 3 is 2.68 bits per heavy atom. The van der Waals surface area contributed by atoms with Gasteiger partial charge in [-0.3, -0.25) is 4.79 Å². The van der Waals surface area contributed by atoms with Crippen LogP contribution in [0, 0.1) is 11.3 Å². The zero-order chi connectivity index (χ0) is 16.2. The van der Waals surface area contributed by atoms with Crippen LogP contribution in [0.25, 0.3) is 0 Å². The molecule has 1 N–H and O–H groups in total. The summed E-state index contributed by atoms with van der Waals surface area (Å²) in [7, 11) is 3.73. The van der Waals surface area contributed by atoms with Crippen molar-refractivity contribution in [2.75, 3.05) is 14.1 Å². The van der Waals surface area contributed by atoms with Gasteiger partial charge < -0.3 is 10.0 Å². The first-order chi connectivity index (χ1) is 10.2. The maximum absolute atomic E-state index is 12.6. The first-order valence-electron chi connectivity index (χ1n) is 7.91. The zero-order valence-corrected chi connectivity index (χ0v) is 13.7. The van der Waals surface area contributed by atoms with Gasteiger partial charge in [0.25, 0.3) is 5.91 Å². The van der Waals surface area contributed by atoms with Crippen LogP contribution in [-0.4, -0.2) is 47.0 Å². The van der Waals surface area contributed by atoms with Gasteiger partial charge in [0, 0.05) is 31.8 Å². The van der Waals surface area contributed by atoms with Crippen molar-refractivity contribution < 1.29 is 14.7 Å². The SMILES string of the molecule is CN(C)/C=C1/C(=O)N(C(=O)O)C2C3=C(CCCC3(C)C)CC12. The summed E-state index contributed by atoms with van der Waals surface area (Å²) in [5, 5.41) is 9.58. The standard InChI is InChI=1S/C17H24N2O3/c1-17(2)7-5-6-10-8-11-12(9-18(3)4)15(20)19(16(21)22)14(11)13(10)17/h9,11,14H,5-8H2,1-4H3,(H,21,22)/b12-9+. The monoisotopic (exact) mass is 304 g/mol. The first-order valence-corrected chi connectivity index (χ1v) is 7.91. The molecule has 0 saturated carbocycles. The van der Waals surface area contributed by atoms with Crippen LogP contribution in [0.15, 0.2) is 22.9 Å². The van der Waals surface area contributed by atoms with Gasteiger partial charge in [0.15, 0.2) is 0 Å². The minimum atomic E-state index is -1.13. The van der Waals surface area contributed by atoms with E-state index in [-0.39, 0.29) is 23.3 Å².